The van der Waals surface area contributed by atoms with Gasteiger partial charge in [0.15, 0.2) is 0 Å². The molecule has 3 aromatic rings. The van der Waals surface area contributed by atoms with Crippen LogP contribution in [0.5, 0.6) is 0 Å². The van der Waals surface area contributed by atoms with Crippen LogP contribution in [-0.4, -0.2) is 4.98 Å². The fourth-order valence-corrected chi connectivity index (χ4v) is 4.60. The van der Waals surface area contributed by atoms with Crippen LogP contribution in [0.25, 0.3) is 22.0 Å². The monoisotopic (exact) mass is 365 g/mol. The first-order chi connectivity index (χ1) is 11.3. The van der Waals surface area contributed by atoms with E-state index in [1.54, 1.807) is 0 Å². The van der Waals surface area contributed by atoms with E-state index in [0.29, 0.717) is 5.92 Å². The molecule has 116 valence electrons. The van der Waals surface area contributed by atoms with Gasteiger partial charge in [-0.2, -0.15) is 0 Å². The molecule has 1 nitrogen and oxygen atoms in total. The second-order valence-electron chi connectivity index (χ2n) is 6.40. The highest BCUT2D eigenvalue weighted by atomic mass is 79.9. The Hall–Kier alpha value is -1.67. The minimum Gasteiger partial charge on any atom is -0.251 e. The van der Waals surface area contributed by atoms with Crippen LogP contribution in [0.1, 0.15) is 43.7 Å². The zero-order valence-corrected chi connectivity index (χ0v) is 14.7. The fraction of sp³-hybridized carbons (Fsp3) is 0.286. The van der Waals surface area contributed by atoms with Crippen molar-refractivity contribution in [3.05, 3.63) is 64.8 Å². The highest BCUT2D eigenvalue weighted by molar-refractivity contribution is 9.10. The molecule has 0 amide bonds. The van der Waals surface area contributed by atoms with Crippen LogP contribution in [-0.2, 0) is 0 Å². The minimum absolute atomic E-state index is 0.588. The molecule has 0 unspecified atom stereocenters. The maximum atomic E-state index is 5.04. The Bertz CT molecular complexity index is 820. The highest BCUT2D eigenvalue weighted by Crippen LogP contribution is 2.42. The molecule has 0 saturated heterocycles. The summed E-state index contributed by atoms with van der Waals surface area (Å²) in [7, 11) is 0. The Labute approximate surface area is 145 Å². The number of rotatable bonds is 2. The van der Waals surface area contributed by atoms with Crippen molar-refractivity contribution in [3.63, 3.8) is 0 Å². The zero-order chi connectivity index (χ0) is 15.6. The van der Waals surface area contributed by atoms with Gasteiger partial charge >= 0.3 is 0 Å². The third kappa shape index (κ3) is 2.81. The van der Waals surface area contributed by atoms with Gasteiger partial charge in [0.25, 0.3) is 0 Å². The second kappa shape index (κ2) is 6.45. The Morgan fingerprint density at radius 3 is 2.30 bits per heavy atom. The lowest BCUT2D eigenvalue weighted by Crippen LogP contribution is -2.08. The molecule has 1 aliphatic rings. The zero-order valence-electron chi connectivity index (χ0n) is 13.1. The van der Waals surface area contributed by atoms with Gasteiger partial charge in [-0.05, 0) is 40.4 Å². The summed E-state index contributed by atoms with van der Waals surface area (Å²) in [4.78, 5) is 5.04. The van der Waals surface area contributed by atoms with E-state index in [-0.39, 0.29) is 0 Å². The predicted octanol–water partition coefficient (Wildman–Crippen LogP) is 6.71. The van der Waals surface area contributed by atoms with E-state index in [0.717, 1.165) is 5.52 Å². The molecule has 1 saturated carbocycles. The number of aromatic nitrogens is 1. The molecule has 2 aromatic carbocycles. The summed E-state index contributed by atoms with van der Waals surface area (Å²) in [5, 5.41) is 1.23. The minimum atomic E-state index is 0.588. The summed E-state index contributed by atoms with van der Waals surface area (Å²) in [6, 6.07) is 19.2. The number of hydrogen-bond acceptors (Lipinski definition) is 1. The van der Waals surface area contributed by atoms with E-state index in [4.69, 9.17) is 4.98 Å². The molecule has 1 aromatic heterocycles. The number of hydrogen-bond donors (Lipinski definition) is 0. The lowest BCUT2D eigenvalue weighted by atomic mass is 9.85. The van der Waals surface area contributed by atoms with Crippen LogP contribution in [0.15, 0.2) is 59.1 Å². The first-order valence-corrected chi connectivity index (χ1v) is 9.27. The highest BCUT2D eigenvalue weighted by Gasteiger charge is 2.23. The van der Waals surface area contributed by atoms with Crippen molar-refractivity contribution >= 4 is 26.8 Å². The molecule has 0 spiro atoms. The van der Waals surface area contributed by atoms with Crippen molar-refractivity contribution < 1.29 is 0 Å². The number of halogens is 1. The van der Waals surface area contributed by atoms with E-state index in [1.165, 1.54) is 58.8 Å². The number of para-hydroxylation sites is 1. The predicted molar refractivity (Wildman–Crippen MR) is 101 cm³/mol. The fourth-order valence-electron chi connectivity index (χ4n) is 3.74. The Morgan fingerprint density at radius 1 is 0.826 bits per heavy atom. The summed E-state index contributed by atoms with van der Waals surface area (Å²) in [6.07, 6.45) is 6.54. The van der Waals surface area contributed by atoms with Gasteiger partial charge in [0, 0.05) is 21.3 Å². The molecule has 1 fully saturated rings. The number of pyridine rings is 1. The molecule has 0 N–H and O–H groups in total. The van der Waals surface area contributed by atoms with Crippen molar-refractivity contribution in [1.29, 1.82) is 0 Å². The SMILES string of the molecule is Brc1c(C2CCCCC2)nc2ccccc2c1-c1ccccc1. The van der Waals surface area contributed by atoms with Gasteiger partial charge in [-0.25, -0.2) is 0 Å². The Morgan fingerprint density at radius 2 is 1.52 bits per heavy atom. The number of benzene rings is 2. The molecule has 0 bridgehead atoms. The van der Waals surface area contributed by atoms with Gasteiger partial charge in [-0.15, -0.1) is 0 Å². The van der Waals surface area contributed by atoms with Crippen molar-refractivity contribution in [3.8, 4) is 11.1 Å². The van der Waals surface area contributed by atoms with Crippen molar-refractivity contribution in [1.82, 2.24) is 4.98 Å². The maximum Gasteiger partial charge on any atom is 0.0712 e. The van der Waals surface area contributed by atoms with Gasteiger partial charge in [0.2, 0.25) is 0 Å². The first-order valence-electron chi connectivity index (χ1n) is 8.48. The Kier molecular flexibility index (Phi) is 4.17. The molecule has 1 heterocycles. The Balaban J connectivity index is 1.97. The van der Waals surface area contributed by atoms with E-state index < -0.39 is 0 Å². The van der Waals surface area contributed by atoms with Crippen LogP contribution in [0.4, 0.5) is 0 Å². The first kappa shape index (κ1) is 14.9. The topological polar surface area (TPSA) is 12.9 Å². The molecule has 0 aliphatic heterocycles. The number of nitrogens with zero attached hydrogens (tertiary/aromatic N) is 1. The molecule has 23 heavy (non-hydrogen) atoms. The van der Waals surface area contributed by atoms with E-state index >= 15 is 0 Å². The molecular formula is C21H20BrN. The maximum absolute atomic E-state index is 5.04. The molecule has 0 atom stereocenters. The van der Waals surface area contributed by atoms with Gasteiger partial charge in [0.05, 0.1) is 11.2 Å². The van der Waals surface area contributed by atoms with E-state index in [1.807, 2.05) is 0 Å². The van der Waals surface area contributed by atoms with Gasteiger partial charge in [-0.1, -0.05) is 67.8 Å². The average Bonchev–Trinajstić information content (AvgIpc) is 2.63. The van der Waals surface area contributed by atoms with Gasteiger partial charge in [-0.3, -0.25) is 4.98 Å². The lowest BCUT2D eigenvalue weighted by molar-refractivity contribution is 0.436. The van der Waals surface area contributed by atoms with Crippen LogP contribution in [0.3, 0.4) is 0 Å². The normalized spacial score (nSPS) is 15.9. The summed E-state index contributed by atoms with van der Waals surface area (Å²) in [6.45, 7) is 0. The van der Waals surface area contributed by atoms with Crippen LogP contribution < -0.4 is 0 Å². The summed E-state index contributed by atoms with van der Waals surface area (Å²) >= 11 is 3.91. The molecule has 4 rings (SSSR count). The van der Waals surface area contributed by atoms with Crippen LogP contribution >= 0.6 is 15.9 Å². The molecule has 0 radical (unpaired) electrons. The van der Waals surface area contributed by atoms with Crippen molar-refractivity contribution in [2.45, 2.75) is 38.0 Å². The average molecular weight is 366 g/mol. The summed E-state index contributed by atoms with van der Waals surface area (Å²) in [5.74, 6) is 0.588. The van der Waals surface area contributed by atoms with E-state index in [9.17, 15) is 0 Å². The van der Waals surface area contributed by atoms with E-state index in [2.05, 4.69) is 70.5 Å². The second-order valence-corrected chi connectivity index (χ2v) is 7.20. The van der Waals surface area contributed by atoms with Crippen LogP contribution in [0.2, 0.25) is 0 Å². The number of fused-ring (bicyclic) bond motifs is 1. The molecular weight excluding hydrogens is 346 g/mol. The smallest absolute Gasteiger partial charge is 0.0712 e. The van der Waals surface area contributed by atoms with Crippen LogP contribution in [0, 0.1) is 0 Å². The van der Waals surface area contributed by atoms with Crippen molar-refractivity contribution in [2.75, 3.05) is 0 Å². The molecule has 2 heteroatoms. The third-order valence-corrected chi connectivity index (χ3v) is 5.72. The summed E-state index contributed by atoms with van der Waals surface area (Å²) < 4.78 is 1.19. The van der Waals surface area contributed by atoms with Gasteiger partial charge < -0.3 is 0 Å². The van der Waals surface area contributed by atoms with Crippen molar-refractivity contribution in [2.24, 2.45) is 0 Å². The lowest BCUT2D eigenvalue weighted by Gasteiger charge is -2.24. The largest absolute Gasteiger partial charge is 0.251 e. The quantitative estimate of drug-likeness (QED) is 0.491. The standard InChI is InChI=1S/C21H20BrN/c22-20-19(15-9-3-1-4-10-15)17-13-7-8-14-18(17)23-21(20)16-11-5-2-6-12-16/h1,3-4,7-10,13-14,16H,2,5-6,11-12H2. The van der Waals surface area contributed by atoms with Gasteiger partial charge in [0.1, 0.15) is 0 Å². The summed E-state index contributed by atoms with van der Waals surface area (Å²) in [5.41, 5.74) is 4.91. The third-order valence-electron chi connectivity index (χ3n) is 4.91. The molecule has 1 aliphatic carbocycles.